The maximum Gasteiger partial charge on any atom is 0.231 e. The number of rotatable bonds is 6. The number of methoxy groups -OCH3 is 2. The summed E-state index contributed by atoms with van der Waals surface area (Å²) in [6.45, 7) is 1.10. The number of likely N-dealkylation sites (N-methyl/N-ethyl adjacent to an activating group) is 1. The molecule has 0 saturated carbocycles. The molecule has 0 saturated heterocycles. The lowest BCUT2D eigenvalue weighted by Gasteiger charge is -2.36. The van der Waals surface area contributed by atoms with E-state index in [1.165, 1.54) is 5.56 Å². The first-order valence-corrected chi connectivity index (χ1v) is 9.67. The molecule has 4 rings (SSSR count). The van der Waals surface area contributed by atoms with Crippen LogP contribution in [0.15, 0.2) is 35.5 Å². The Balaban J connectivity index is 1.65. The Bertz CT molecular complexity index is 928. The van der Waals surface area contributed by atoms with Crippen LogP contribution >= 0.6 is 0 Å². The van der Waals surface area contributed by atoms with E-state index in [1.54, 1.807) is 14.2 Å². The Morgan fingerprint density at radius 1 is 1.24 bits per heavy atom. The molecule has 1 N–H and O–H groups in total. The molecule has 2 heterocycles. The van der Waals surface area contributed by atoms with Gasteiger partial charge in [0, 0.05) is 31.0 Å². The van der Waals surface area contributed by atoms with Gasteiger partial charge in [-0.15, -0.1) is 0 Å². The summed E-state index contributed by atoms with van der Waals surface area (Å²) in [4.78, 5) is 2.27. The summed E-state index contributed by atoms with van der Waals surface area (Å²) < 4.78 is 22.3. The second-order valence-electron chi connectivity index (χ2n) is 7.36. The summed E-state index contributed by atoms with van der Waals surface area (Å²) in [6.07, 6.45) is 2.02. The highest BCUT2D eigenvalue weighted by Crippen LogP contribution is 2.50. The van der Waals surface area contributed by atoms with E-state index in [0.29, 0.717) is 30.1 Å². The third-order valence-corrected chi connectivity index (χ3v) is 5.66. The van der Waals surface area contributed by atoms with E-state index in [-0.39, 0.29) is 12.8 Å². The van der Waals surface area contributed by atoms with E-state index in [0.717, 1.165) is 35.6 Å². The minimum Gasteiger partial charge on any atom is -0.497 e. The summed E-state index contributed by atoms with van der Waals surface area (Å²) in [6, 6.07) is 9.87. The van der Waals surface area contributed by atoms with Crippen LogP contribution < -0.4 is 18.9 Å². The van der Waals surface area contributed by atoms with Gasteiger partial charge in [-0.05, 0) is 42.8 Å². The lowest BCUT2D eigenvalue weighted by Crippen LogP contribution is -2.34. The second-order valence-corrected chi connectivity index (χ2v) is 7.36. The van der Waals surface area contributed by atoms with Crippen molar-refractivity contribution in [3.05, 3.63) is 47.0 Å². The normalized spacial score (nSPS) is 18.4. The van der Waals surface area contributed by atoms with Crippen LogP contribution in [0.3, 0.4) is 0 Å². The number of hydrogen-bond acceptors (Lipinski definition) is 7. The number of oxime groups is 1. The molecule has 0 amide bonds. The SMILES string of the molecule is COc1cccc(C/C(C[C@H]2c3c(cc4c(c3OC)OCO4)CCN2C)=N/O)c1. The summed E-state index contributed by atoms with van der Waals surface area (Å²) in [5, 5.41) is 13.3. The van der Waals surface area contributed by atoms with Crippen molar-refractivity contribution in [3.8, 4) is 23.0 Å². The minimum absolute atomic E-state index is 0.0136. The molecule has 0 aromatic heterocycles. The van der Waals surface area contributed by atoms with Crippen molar-refractivity contribution < 1.29 is 24.2 Å². The molecule has 0 spiro atoms. The van der Waals surface area contributed by atoms with E-state index in [1.807, 2.05) is 24.3 Å². The monoisotopic (exact) mass is 398 g/mol. The first kappa shape index (κ1) is 19.4. The van der Waals surface area contributed by atoms with Gasteiger partial charge in [0.2, 0.25) is 12.5 Å². The molecule has 2 aromatic rings. The van der Waals surface area contributed by atoms with Crippen LogP contribution in [0.25, 0.3) is 0 Å². The zero-order valence-electron chi connectivity index (χ0n) is 17.0. The first-order chi connectivity index (χ1) is 14.1. The lowest BCUT2D eigenvalue weighted by molar-refractivity contribution is 0.170. The van der Waals surface area contributed by atoms with Crippen molar-refractivity contribution in [1.82, 2.24) is 4.90 Å². The van der Waals surface area contributed by atoms with Crippen LogP contribution in [0, 0.1) is 0 Å². The number of benzene rings is 2. The Morgan fingerprint density at radius 3 is 2.86 bits per heavy atom. The highest BCUT2D eigenvalue weighted by molar-refractivity contribution is 5.87. The maximum absolute atomic E-state index is 9.72. The third kappa shape index (κ3) is 3.70. The number of hydrogen-bond donors (Lipinski definition) is 1. The Hall–Kier alpha value is -2.93. The highest BCUT2D eigenvalue weighted by Gasteiger charge is 2.34. The van der Waals surface area contributed by atoms with Crippen LogP contribution in [0.5, 0.6) is 23.0 Å². The van der Waals surface area contributed by atoms with E-state index < -0.39 is 0 Å². The zero-order valence-corrected chi connectivity index (χ0v) is 17.0. The van der Waals surface area contributed by atoms with Crippen molar-refractivity contribution >= 4 is 5.71 Å². The van der Waals surface area contributed by atoms with Crippen molar-refractivity contribution in [2.24, 2.45) is 5.16 Å². The summed E-state index contributed by atoms with van der Waals surface area (Å²) in [5.74, 6) is 2.89. The van der Waals surface area contributed by atoms with Crippen molar-refractivity contribution in [2.45, 2.75) is 25.3 Å². The fourth-order valence-electron chi connectivity index (χ4n) is 4.17. The van der Waals surface area contributed by atoms with E-state index in [9.17, 15) is 5.21 Å². The first-order valence-electron chi connectivity index (χ1n) is 9.67. The molecular formula is C22H26N2O5. The highest BCUT2D eigenvalue weighted by atomic mass is 16.7. The quantitative estimate of drug-likeness (QED) is 0.457. The van der Waals surface area contributed by atoms with E-state index in [4.69, 9.17) is 18.9 Å². The van der Waals surface area contributed by atoms with Gasteiger partial charge in [0.05, 0.1) is 19.9 Å². The Labute approximate surface area is 170 Å². The zero-order chi connectivity index (χ0) is 20.4. The smallest absolute Gasteiger partial charge is 0.231 e. The van der Waals surface area contributed by atoms with Gasteiger partial charge in [-0.3, -0.25) is 4.90 Å². The van der Waals surface area contributed by atoms with Gasteiger partial charge in [-0.1, -0.05) is 17.3 Å². The standard InChI is InChI=1S/C22H26N2O5/c1-24-8-7-15-11-19-21(29-13-28-19)22(27-3)20(15)18(24)12-16(23-25)9-14-5-4-6-17(10-14)26-2/h4-6,10-11,18,25H,7-9,12-13H2,1-3H3/b23-16-/t18-/m0/s1. The fraction of sp³-hybridized carbons (Fsp3) is 0.409. The Morgan fingerprint density at radius 2 is 2.10 bits per heavy atom. The van der Waals surface area contributed by atoms with Crippen LogP contribution in [0.2, 0.25) is 0 Å². The molecule has 0 bridgehead atoms. The molecule has 2 aromatic carbocycles. The Kier molecular flexibility index (Phi) is 5.49. The number of fused-ring (bicyclic) bond motifs is 2. The molecule has 0 unspecified atom stereocenters. The van der Waals surface area contributed by atoms with Crippen LogP contribution in [-0.4, -0.2) is 50.4 Å². The number of ether oxygens (including phenoxy) is 4. The molecule has 0 radical (unpaired) electrons. The predicted molar refractivity (Wildman–Crippen MR) is 109 cm³/mol. The molecular weight excluding hydrogens is 372 g/mol. The molecule has 2 aliphatic rings. The predicted octanol–water partition coefficient (Wildman–Crippen LogP) is 3.42. The molecule has 1 atom stereocenters. The van der Waals surface area contributed by atoms with E-state index >= 15 is 0 Å². The molecule has 154 valence electrons. The van der Waals surface area contributed by atoms with Gasteiger partial charge in [0.1, 0.15) is 5.75 Å². The average Bonchev–Trinajstić information content (AvgIpc) is 3.21. The fourth-order valence-corrected chi connectivity index (χ4v) is 4.17. The van der Waals surface area contributed by atoms with Gasteiger partial charge in [0.15, 0.2) is 11.5 Å². The van der Waals surface area contributed by atoms with Crippen molar-refractivity contribution in [2.75, 3.05) is 34.6 Å². The molecule has 7 heteroatoms. The van der Waals surface area contributed by atoms with Crippen molar-refractivity contribution in [1.29, 1.82) is 0 Å². The lowest BCUT2D eigenvalue weighted by atomic mass is 9.87. The summed E-state index contributed by atoms with van der Waals surface area (Å²) >= 11 is 0. The molecule has 0 fully saturated rings. The van der Waals surface area contributed by atoms with Crippen LogP contribution in [0.4, 0.5) is 0 Å². The van der Waals surface area contributed by atoms with Crippen LogP contribution in [-0.2, 0) is 12.8 Å². The second kappa shape index (κ2) is 8.21. The largest absolute Gasteiger partial charge is 0.497 e. The van der Waals surface area contributed by atoms with Gasteiger partial charge in [-0.25, -0.2) is 0 Å². The number of nitrogens with zero attached hydrogens (tertiary/aromatic N) is 2. The molecule has 7 nitrogen and oxygen atoms in total. The third-order valence-electron chi connectivity index (χ3n) is 5.66. The van der Waals surface area contributed by atoms with Gasteiger partial charge in [-0.2, -0.15) is 0 Å². The molecule has 2 aliphatic heterocycles. The van der Waals surface area contributed by atoms with Gasteiger partial charge < -0.3 is 24.2 Å². The minimum atomic E-state index is 0.0136. The molecule has 29 heavy (non-hydrogen) atoms. The maximum atomic E-state index is 9.72. The van der Waals surface area contributed by atoms with E-state index in [2.05, 4.69) is 23.2 Å². The van der Waals surface area contributed by atoms with Crippen molar-refractivity contribution in [3.63, 3.8) is 0 Å². The molecule has 0 aliphatic carbocycles. The van der Waals surface area contributed by atoms with Gasteiger partial charge >= 0.3 is 0 Å². The average molecular weight is 398 g/mol. The summed E-state index contributed by atoms with van der Waals surface area (Å²) in [7, 11) is 5.38. The van der Waals surface area contributed by atoms with Crippen LogP contribution in [0.1, 0.15) is 29.2 Å². The topological polar surface area (TPSA) is 72.8 Å². The van der Waals surface area contributed by atoms with Gasteiger partial charge in [0.25, 0.3) is 0 Å². The summed E-state index contributed by atoms with van der Waals surface area (Å²) in [5.41, 5.74) is 4.00.